The molecule has 6 heteroatoms. The largest absolute Gasteiger partial charge is 0.493 e. The zero-order valence-electron chi connectivity index (χ0n) is 17.6. The summed E-state index contributed by atoms with van der Waals surface area (Å²) in [7, 11) is 0. The number of ether oxygens (including phenoxy) is 1. The van der Waals surface area contributed by atoms with Gasteiger partial charge in [-0.2, -0.15) is 0 Å². The van der Waals surface area contributed by atoms with Gasteiger partial charge in [-0.05, 0) is 55.0 Å². The van der Waals surface area contributed by atoms with Gasteiger partial charge in [-0.25, -0.2) is 4.99 Å². The first kappa shape index (κ1) is 20.3. The van der Waals surface area contributed by atoms with Gasteiger partial charge in [0.1, 0.15) is 12.3 Å². The molecule has 2 aromatic rings. The van der Waals surface area contributed by atoms with Crippen molar-refractivity contribution in [1.29, 1.82) is 0 Å². The number of amides is 1. The van der Waals surface area contributed by atoms with Crippen molar-refractivity contribution in [3.8, 4) is 5.75 Å². The van der Waals surface area contributed by atoms with Gasteiger partial charge in [0.15, 0.2) is 5.96 Å². The summed E-state index contributed by atoms with van der Waals surface area (Å²) in [6, 6.07) is 14.6. The summed E-state index contributed by atoms with van der Waals surface area (Å²) < 4.78 is 5.57. The molecule has 4 rings (SSSR count). The van der Waals surface area contributed by atoms with Crippen LogP contribution in [0.2, 0.25) is 0 Å². The molecule has 0 atom stereocenters. The third-order valence-corrected chi connectivity index (χ3v) is 5.59. The zero-order chi connectivity index (χ0) is 20.8. The maximum atomic E-state index is 12.8. The fourth-order valence-electron chi connectivity index (χ4n) is 4.09. The van der Waals surface area contributed by atoms with Crippen LogP contribution in [0.25, 0.3) is 0 Å². The van der Waals surface area contributed by atoms with Crippen LogP contribution >= 0.6 is 0 Å². The second-order valence-corrected chi connectivity index (χ2v) is 7.69. The van der Waals surface area contributed by atoms with Gasteiger partial charge in [-0.1, -0.05) is 30.3 Å². The van der Waals surface area contributed by atoms with Crippen LogP contribution in [0.1, 0.15) is 30.0 Å². The number of anilines is 1. The zero-order valence-corrected chi connectivity index (χ0v) is 17.6. The standard InChI is InChI=1S/C24H30N4O2/c1-2-25-24(26-13-11-18-9-10-22-20(16-18)12-15-30-22)27-17-23(29)28-14-5-7-19-6-3-4-8-21(19)28/h3-4,6,8-10,16H,2,5,7,11-15,17H2,1H3,(H2,25,26,27). The number of para-hydroxylation sites is 1. The molecular weight excluding hydrogens is 376 g/mol. The Balaban J connectivity index is 1.33. The predicted molar refractivity (Wildman–Crippen MR) is 120 cm³/mol. The lowest BCUT2D eigenvalue weighted by molar-refractivity contribution is -0.117. The van der Waals surface area contributed by atoms with E-state index in [0.717, 1.165) is 63.4 Å². The molecular formula is C24H30N4O2. The van der Waals surface area contributed by atoms with Crippen molar-refractivity contribution >= 4 is 17.6 Å². The molecule has 0 aromatic heterocycles. The minimum atomic E-state index is 0.0398. The molecule has 30 heavy (non-hydrogen) atoms. The Kier molecular flexibility index (Phi) is 6.52. The monoisotopic (exact) mass is 406 g/mol. The van der Waals surface area contributed by atoms with Gasteiger partial charge in [0.25, 0.3) is 0 Å². The number of carbonyl (C=O) groups is 1. The summed E-state index contributed by atoms with van der Waals surface area (Å²) in [5.41, 5.74) is 4.84. The van der Waals surface area contributed by atoms with E-state index in [1.54, 1.807) is 0 Å². The normalized spacial score (nSPS) is 15.2. The lowest BCUT2D eigenvalue weighted by atomic mass is 10.0. The molecule has 0 unspecified atom stereocenters. The van der Waals surface area contributed by atoms with Gasteiger partial charge >= 0.3 is 0 Å². The second-order valence-electron chi connectivity index (χ2n) is 7.69. The van der Waals surface area contributed by atoms with Crippen LogP contribution in [0.5, 0.6) is 5.75 Å². The van der Waals surface area contributed by atoms with Crippen molar-refractivity contribution in [1.82, 2.24) is 10.6 Å². The number of aliphatic imine (C=N–C) groups is 1. The molecule has 158 valence electrons. The van der Waals surface area contributed by atoms with Gasteiger partial charge in [-0.3, -0.25) is 4.79 Å². The highest BCUT2D eigenvalue weighted by Gasteiger charge is 2.21. The van der Waals surface area contributed by atoms with Crippen LogP contribution in [0.15, 0.2) is 47.5 Å². The first-order chi connectivity index (χ1) is 14.7. The number of guanidine groups is 1. The van der Waals surface area contributed by atoms with E-state index in [2.05, 4.69) is 39.9 Å². The Morgan fingerprint density at radius 3 is 2.93 bits per heavy atom. The number of benzene rings is 2. The van der Waals surface area contributed by atoms with Crippen LogP contribution in [0.3, 0.4) is 0 Å². The van der Waals surface area contributed by atoms with Crippen molar-refractivity contribution in [2.45, 2.75) is 32.6 Å². The van der Waals surface area contributed by atoms with Crippen LogP contribution < -0.4 is 20.3 Å². The molecule has 0 radical (unpaired) electrons. The summed E-state index contributed by atoms with van der Waals surface area (Å²) in [5.74, 6) is 1.73. The van der Waals surface area contributed by atoms with Gasteiger partial charge in [-0.15, -0.1) is 0 Å². The van der Waals surface area contributed by atoms with Crippen LogP contribution in [0, 0.1) is 0 Å². The van der Waals surface area contributed by atoms with Crippen LogP contribution in [-0.4, -0.2) is 44.7 Å². The first-order valence-electron chi connectivity index (χ1n) is 10.9. The minimum Gasteiger partial charge on any atom is -0.493 e. The van der Waals surface area contributed by atoms with E-state index in [4.69, 9.17) is 4.74 Å². The lowest BCUT2D eigenvalue weighted by Crippen LogP contribution is -2.41. The molecule has 0 saturated carbocycles. The maximum absolute atomic E-state index is 12.8. The molecule has 2 aliphatic rings. The van der Waals surface area contributed by atoms with E-state index in [0.29, 0.717) is 5.96 Å². The number of nitrogens with one attached hydrogen (secondary N) is 2. The SMILES string of the molecule is CCNC(=NCC(=O)N1CCCc2ccccc21)NCCc1ccc2c(c1)CCO2. The molecule has 2 aliphatic heterocycles. The number of hydrogen-bond donors (Lipinski definition) is 2. The molecule has 0 saturated heterocycles. The number of carbonyl (C=O) groups excluding carboxylic acids is 1. The van der Waals surface area contributed by atoms with Gasteiger partial charge in [0.2, 0.25) is 5.91 Å². The highest BCUT2D eigenvalue weighted by Crippen LogP contribution is 2.27. The molecule has 0 fully saturated rings. The quantitative estimate of drug-likeness (QED) is 0.572. The smallest absolute Gasteiger partial charge is 0.248 e. The molecule has 0 spiro atoms. The van der Waals surface area contributed by atoms with E-state index >= 15 is 0 Å². The molecule has 2 heterocycles. The first-order valence-corrected chi connectivity index (χ1v) is 10.9. The molecule has 2 aromatic carbocycles. The van der Waals surface area contributed by atoms with Crippen molar-refractivity contribution in [2.75, 3.05) is 37.7 Å². The van der Waals surface area contributed by atoms with Crippen molar-refractivity contribution < 1.29 is 9.53 Å². The highest BCUT2D eigenvalue weighted by atomic mass is 16.5. The second kappa shape index (κ2) is 9.65. The number of rotatable bonds is 6. The highest BCUT2D eigenvalue weighted by molar-refractivity contribution is 5.97. The fourth-order valence-corrected chi connectivity index (χ4v) is 4.09. The Bertz CT molecular complexity index is 925. The summed E-state index contributed by atoms with van der Waals surface area (Å²) >= 11 is 0. The number of fused-ring (bicyclic) bond motifs is 2. The minimum absolute atomic E-state index is 0.0398. The van der Waals surface area contributed by atoms with Crippen molar-refractivity contribution in [2.24, 2.45) is 4.99 Å². The fraction of sp³-hybridized carbons (Fsp3) is 0.417. The summed E-state index contributed by atoms with van der Waals surface area (Å²) in [6.07, 6.45) is 3.91. The van der Waals surface area contributed by atoms with E-state index < -0.39 is 0 Å². The number of aryl methyl sites for hydroxylation is 1. The molecule has 1 amide bonds. The molecule has 6 nitrogen and oxygen atoms in total. The Morgan fingerprint density at radius 2 is 2.03 bits per heavy atom. The molecule has 0 bridgehead atoms. The number of nitrogens with zero attached hydrogens (tertiary/aromatic N) is 2. The molecule has 2 N–H and O–H groups in total. The summed E-state index contributed by atoms with van der Waals surface area (Å²) in [6.45, 7) is 5.22. The summed E-state index contributed by atoms with van der Waals surface area (Å²) in [4.78, 5) is 19.2. The van der Waals surface area contributed by atoms with Crippen molar-refractivity contribution in [3.63, 3.8) is 0 Å². The Labute approximate surface area is 178 Å². The summed E-state index contributed by atoms with van der Waals surface area (Å²) in [5, 5.41) is 6.59. The van der Waals surface area contributed by atoms with Crippen LogP contribution in [-0.2, 0) is 24.1 Å². The molecule has 0 aliphatic carbocycles. The van der Waals surface area contributed by atoms with E-state index in [1.165, 1.54) is 16.7 Å². The van der Waals surface area contributed by atoms with Crippen LogP contribution in [0.4, 0.5) is 5.69 Å². The topological polar surface area (TPSA) is 66.0 Å². The maximum Gasteiger partial charge on any atom is 0.248 e. The Morgan fingerprint density at radius 1 is 1.13 bits per heavy atom. The third kappa shape index (κ3) is 4.75. The average molecular weight is 407 g/mol. The third-order valence-electron chi connectivity index (χ3n) is 5.59. The van der Waals surface area contributed by atoms with Gasteiger partial charge in [0, 0.05) is 31.7 Å². The Hall–Kier alpha value is -3.02. The lowest BCUT2D eigenvalue weighted by Gasteiger charge is -2.29. The van der Waals surface area contributed by atoms with Gasteiger partial charge < -0.3 is 20.3 Å². The van der Waals surface area contributed by atoms with E-state index in [9.17, 15) is 4.79 Å². The van der Waals surface area contributed by atoms with Crippen molar-refractivity contribution in [3.05, 3.63) is 59.2 Å². The predicted octanol–water partition coefficient (Wildman–Crippen LogP) is 2.70. The van der Waals surface area contributed by atoms with E-state index in [-0.39, 0.29) is 12.5 Å². The number of hydrogen-bond acceptors (Lipinski definition) is 3. The van der Waals surface area contributed by atoms with E-state index in [1.807, 2.05) is 30.0 Å². The average Bonchev–Trinajstić information content (AvgIpc) is 3.25. The van der Waals surface area contributed by atoms with Gasteiger partial charge in [0.05, 0.1) is 6.61 Å².